The fourth-order valence-corrected chi connectivity index (χ4v) is 3.43. The van der Waals surface area contributed by atoms with Gasteiger partial charge in [-0.3, -0.25) is 4.40 Å². The van der Waals surface area contributed by atoms with Gasteiger partial charge in [-0.25, -0.2) is 4.98 Å². The number of aliphatic hydroxyl groups is 1. The topological polar surface area (TPSA) is 63.3 Å². The van der Waals surface area contributed by atoms with Gasteiger partial charge in [0.15, 0.2) is 5.65 Å². The number of rotatable bonds is 4. The van der Waals surface area contributed by atoms with E-state index in [2.05, 4.69) is 15.2 Å². The van der Waals surface area contributed by atoms with Crippen LogP contribution in [-0.2, 0) is 6.18 Å². The molecule has 2 heterocycles. The zero-order valence-corrected chi connectivity index (χ0v) is 14.0. The van der Waals surface area contributed by atoms with Crippen LogP contribution in [0.2, 0.25) is 5.02 Å². The van der Waals surface area contributed by atoms with Crippen molar-refractivity contribution in [1.29, 1.82) is 0 Å². The highest BCUT2D eigenvalue weighted by atomic mass is 35.5. The molecule has 1 N–H and O–H groups in total. The van der Waals surface area contributed by atoms with E-state index in [4.69, 9.17) is 11.6 Å². The van der Waals surface area contributed by atoms with Gasteiger partial charge in [-0.15, -0.1) is 22.0 Å². The second-order valence-electron chi connectivity index (χ2n) is 5.22. The van der Waals surface area contributed by atoms with E-state index in [1.165, 1.54) is 17.8 Å². The number of halogens is 4. The van der Waals surface area contributed by atoms with Crippen molar-refractivity contribution in [3.05, 3.63) is 29.0 Å². The summed E-state index contributed by atoms with van der Waals surface area (Å²) in [6.07, 6.45) is -4.67. The first-order valence-electron chi connectivity index (χ1n) is 7.00. The van der Waals surface area contributed by atoms with Crippen molar-refractivity contribution in [3.63, 3.8) is 0 Å². The standard InChI is InChI=1S/C14H12ClF3N4OS/c1-7(23)4-5-24-12-11-20-21-13(14(16,17)18)22(11)10-6-8(15)2-3-9(10)19-12/h2-3,6-7,23H,4-5H2,1H3. The van der Waals surface area contributed by atoms with Crippen molar-refractivity contribution in [2.75, 3.05) is 5.75 Å². The van der Waals surface area contributed by atoms with Crippen LogP contribution in [0.4, 0.5) is 13.2 Å². The minimum Gasteiger partial charge on any atom is -0.393 e. The molecule has 1 atom stereocenters. The first kappa shape index (κ1) is 17.2. The summed E-state index contributed by atoms with van der Waals surface area (Å²) in [6, 6.07) is 4.51. The number of benzene rings is 1. The minimum absolute atomic E-state index is 0.0210. The molecule has 0 fully saturated rings. The second-order valence-corrected chi connectivity index (χ2v) is 6.74. The van der Waals surface area contributed by atoms with Crippen LogP contribution in [0.25, 0.3) is 16.7 Å². The van der Waals surface area contributed by atoms with Gasteiger partial charge >= 0.3 is 6.18 Å². The summed E-state index contributed by atoms with van der Waals surface area (Å²) in [7, 11) is 0. The molecule has 0 radical (unpaired) electrons. The first-order valence-corrected chi connectivity index (χ1v) is 8.36. The van der Waals surface area contributed by atoms with Crippen molar-refractivity contribution in [3.8, 4) is 0 Å². The van der Waals surface area contributed by atoms with Gasteiger partial charge in [0.1, 0.15) is 5.03 Å². The molecule has 5 nitrogen and oxygen atoms in total. The Morgan fingerprint density at radius 3 is 2.75 bits per heavy atom. The number of aliphatic hydroxyl groups excluding tert-OH is 1. The summed E-state index contributed by atoms with van der Waals surface area (Å²) >= 11 is 7.14. The Morgan fingerprint density at radius 2 is 2.08 bits per heavy atom. The number of alkyl halides is 3. The Hall–Kier alpha value is -1.58. The summed E-state index contributed by atoms with van der Waals surface area (Å²) in [5.41, 5.74) is 0.569. The smallest absolute Gasteiger partial charge is 0.393 e. The van der Waals surface area contributed by atoms with Crippen molar-refractivity contribution < 1.29 is 18.3 Å². The summed E-state index contributed by atoms with van der Waals surface area (Å²) in [5.74, 6) is -0.627. The van der Waals surface area contributed by atoms with Gasteiger partial charge in [0.25, 0.3) is 0 Å². The summed E-state index contributed by atoms with van der Waals surface area (Å²) in [5, 5.41) is 16.9. The summed E-state index contributed by atoms with van der Waals surface area (Å²) in [6.45, 7) is 1.64. The fraction of sp³-hybridized carbons (Fsp3) is 0.357. The van der Waals surface area contributed by atoms with Crippen molar-refractivity contribution in [2.24, 2.45) is 0 Å². The molecular weight excluding hydrogens is 365 g/mol. The summed E-state index contributed by atoms with van der Waals surface area (Å²) in [4.78, 5) is 4.37. The highest BCUT2D eigenvalue weighted by Crippen LogP contribution is 2.33. The number of fused-ring (bicyclic) bond motifs is 3. The van der Waals surface area contributed by atoms with E-state index in [-0.39, 0.29) is 11.2 Å². The molecule has 1 unspecified atom stereocenters. The van der Waals surface area contributed by atoms with E-state index >= 15 is 0 Å². The van der Waals surface area contributed by atoms with Gasteiger partial charge in [0, 0.05) is 10.8 Å². The van der Waals surface area contributed by atoms with Crippen LogP contribution in [-0.4, -0.2) is 36.5 Å². The minimum atomic E-state index is -4.66. The number of hydrogen-bond donors (Lipinski definition) is 1. The van der Waals surface area contributed by atoms with E-state index in [1.54, 1.807) is 19.1 Å². The molecule has 0 saturated heterocycles. The van der Waals surface area contributed by atoms with Crippen LogP contribution in [0, 0.1) is 0 Å². The third kappa shape index (κ3) is 3.28. The average Bonchev–Trinajstić information content (AvgIpc) is 2.93. The van der Waals surface area contributed by atoms with Crippen LogP contribution in [0.5, 0.6) is 0 Å². The lowest BCUT2D eigenvalue weighted by atomic mass is 10.3. The number of thioether (sulfide) groups is 1. The Morgan fingerprint density at radius 1 is 1.33 bits per heavy atom. The van der Waals surface area contributed by atoms with Crippen LogP contribution in [0.3, 0.4) is 0 Å². The van der Waals surface area contributed by atoms with Crippen LogP contribution >= 0.6 is 23.4 Å². The first-order chi connectivity index (χ1) is 11.3. The van der Waals surface area contributed by atoms with Gasteiger partial charge in [-0.1, -0.05) is 11.6 Å². The molecule has 2 aromatic heterocycles. The van der Waals surface area contributed by atoms with Crippen LogP contribution in [0.15, 0.2) is 23.2 Å². The van der Waals surface area contributed by atoms with Gasteiger partial charge in [0.05, 0.1) is 17.1 Å². The van der Waals surface area contributed by atoms with E-state index < -0.39 is 18.1 Å². The lowest BCUT2D eigenvalue weighted by Gasteiger charge is -2.10. The molecule has 0 aliphatic heterocycles. The Kier molecular flexibility index (Phi) is 4.58. The Bertz CT molecular complexity index is 897. The fourth-order valence-electron chi connectivity index (χ4n) is 2.19. The van der Waals surface area contributed by atoms with E-state index in [1.807, 2.05) is 0 Å². The third-order valence-corrected chi connectivity index (χ3v) is 4.50. The lowest BCUT2D eigenvalue weighted by Crippen LogP contribution is -2.12. The maximum absolute atomic E-state index is 13.3. The Balaban J connectivity index is 2.22. The maximum atomic E-state index is 13.3. The molecular formula is C14H12ClF3N4OS. The zero-order chi connectivity index (χ0) is 17.5. The Labute approximate surface area is 143 Å². The van der Waals surface area contributed by atoms with Crippen molar-refractivity contribution in [2.45, 2.75) is 30.7 Å². The zero-order valence-electron chi connectivity index (χ0n) is 12.4. The molecule has 0 amide bonds. The van der Waals surface area contributed by atoms with E-state index in [0.29, 0.717) is 27.7 Å². The quantitative estimate of drug-likeness (QED) is 0.701. The van der Waals surface area contributed by atoms with Gasteiger partial charge < -0.3 is 5.11 Å². The van der Waals surface area contributed by atoms with E-state index in [0.717, 1.165) is 4.40 Å². The van der Waals surface area contributed by atoms with Crippen LogP contribution in [0.1, 0.15) is 19.2 Å². The molecule has 0 saturated carbocycles. The molecule has 128 valence electrons. The van der Waals surface area contributed by atoms with Gasteiger partial charge in [0.2, 0.25) is 5.82 Å². The second kappa shape index (κ2) is 6.38. The molecule has 24 heavy (non-hydrogen) atoms. The molecule has 0 aliphatic carbocycles. The predicted molar refractivity (Wildman–Crippen MR) is 85.3 cm³/mol. The monoisotopic (exact) mass is 376 g/mol. The highest BCUT2D eigenvalue weighted by molar-refractivity contribution is 7.99. The van der Waals surface area contributed by atoms with Crippen molar-refractivity contribution >= 4 is 40.0 Å². The number of nitrogens with zero attached hydrogens (tertiary/aromatic N) is 4. The number of hydrogen-bond acceptors (Lipinski definition) is 5. The summed E-state index contributed by atoms with van der Waals surface area (Å²) < 4.78 is 40.7. The average molecular weight is 377 g/mol. The molecule has 0 spiro atoms. The van der Waals surface area contributed by atoms with Gasteiger partial charge in [-0.2, -0.15) is 13.2 Å². The molecule has 0 aliphatic rings. The molecule has 10 heteroatoms. The maximum Gasteiger partial charge on any atom is 0.452 e. The van der Waals surface area contributed by atoms with Gasteiger partial charge in [-0.05, 0) is 31.5 Å². The lowest BCUT2D eigenvalue weighted by molar-refractivity contribution is -0.145. The molecule has 0 bridgehead atoms. The molecule has 3 rings (SSSR count). The van der Waals surface area contributed by atoms with Crippen molar-refractivity contribution in [1.82, 2.24) is 19.6 Å². The highest BCUT2D eigenvalue weighted by Gasteiger charge is 2.38. The normalized spacial score (nSPS) is 13.8. The number of aromatic nitrogens is 4. The largest absolute Gasteiger partial charge is 0.452 e. The molecule has 1 aromatic carbocycles. The van der Waals surface area contributed by atoms with E-state index in [9.17, 15) is 18.3 Å². The predicted octanol–water partition coefficient (Wildman–Crippen LogP) is 3.81. The SMILES string of the molecule is CC(O)CCSc1nc2ccc(Cl)cc2n2c(C(F)(F)F)nnc12. The third-order valence-electron chi connectivity index (χ3n) is 3.28. The van der Waals surface area contributed by atoms with Crippen LogP contribution < -0.4 is 0 Å². The molecule has 3 aromatic rings.